The summed E-state index contributed by atoms with van der Waals surface area (Å²) in [6.07, 6.45) is 7.21. The Morgan fingerprint density at radius 3 is 2.61 bits per heavy atom. The predicted molar refractivity (Wildman–Crippen MR) is 125 cm³/mol. The number of benzene rings is 2. The van der Waals surface area contributed by atoms with E-state index in [4.69, 9.17) is 5.73 Å². The largest absolute Gasteiger partial charge is 0.337 e. The molecular weight excluding hydrogens is 441 g/mol. The maximum atomic E-state index is 14.1. The molecule has 1 aliphatic rings. The Balaban J connectivity index is 1.57. The van der Waals surface area contributed by atoms with Crippen LogP contribution in [0.2, 0.25) is 0 Å². The van der Waals surface area contributed by atoms with Crippen LogP contribution < -0.4 is 5.73 Å². The van der Waals surface area contributed by atoms with Crippen molar-refractivity contribution >= 4 is 27.6 Å². The van der Waals surface area contributed by atoms with E-state index in [0.717, 1.165) is 11.8 Å². The lowest BCUT2D eigenvalue weighted by atomic mass is 10.1. The lowest BCUT2D eigenvalue weighted by molar-refractivity contribution is 0.0791. The summed E-state index contributed by atoms with van der Waals surface area (Å²) in [5, 5.41) is 0.757. The molecule has 2 N–H and O–H groups in total. The van der Waals surface area contributed by atoms with E-state index in [1.165, 1.54) is 6.07 Å². The summed E-state index contributed by atoms with van der Waals surface area (Å²) in [5.74, 6) is -0.106. The van der Waals surface area contributed by atoms with Crippen LogP contribution in [0.4, 0.5) is 4.39 Å². The average molecular weight is 464 g/mol. The van der Waals surface area contributed by atoms with Crippen molar-refractivity contribution in [2.75, 3.05) is 19.3 Å². The maximum absolute atomic E-state index is 14.1. The van der Waals surface area contributed by atoms with Crippen molar-refractivity contribution in [2.45, 2.75) is 17.4 Å². The Morgan fingerprint density at radius 1 is 1.18 bits per heavy atom. The van der Waals surface area contributed by atoms with Crippen molar-refractivity contribution in [3.8, 4) is 17.1 Å². The fraction of sp³-hybridized carbons (Fsp3) is 0.208. The molecule has 1 fully saturated rings. The van der Waals surface area contributed by atoms with Gasteiger partial charge in [-0.15, -0.1) is 0 Å². The highest BCUT2D eigenvalue weighted by atomic mass is 32.2. The minimum absolute atomic E-state index is 0.00276. The van der Waals surface area contributed by atoms with Crippen molar-refractivity contribution in [3.05, 3.63) is 72.4 Å². The summed E-state index contributed by atoms with van der Waals surface area (Å²) in [6, 6.07) is 11.7. The Morgan fingerprint density at radius 2 is 1.94 bits per heavy atom. The molecule has 2 aromatic heterocycles. The molecule has 1 unspecified atom stereocenters. The second kappa shape index (κ2) is 8.49. The van der Waals surface area contributed by atoms with E-state index in [2.05, 4.69) is 9.97 Å². The lowest BCUT2D eigenvalue weighted by Gasteiger charge is -2.16. The van der Waals surface area contributed by atoms with Gasteiger partial charge in [-0.2, -0.15) is 0 Å². The number of rotatable bonds is 4. The Bertz CT molecular complexity index is 1390. The highest BCUT2D eigenvalue weighted by Gasteiger charge is 2.25. The van der Waals surface area contributed by atoms with Crippen molar-refractivity contribution in [1.82, 2.24) is 19.4 Å². The topological polar surface area (TPSA) is 94.1 Å². The number of halogens is 1. The quantitative estimate of drug-likeness (QED) is 0.502. The van der Waals surface area contributed by atoms with Crippen LogP contribution in [0, 0.1) is 5.82 Å². The number of likely N-dealkylation sites (tertiary alicyclic amines) is 1. The zero-order valence-electron chi connectivity index (χ0n) is 17.9. The summed E-state index contributed by atoms with van der Waals surface area (Å²) in [4.78, 5) is 24.2. The van der Waals surface area contributed by atoms with E-state index in [-0.39, 0.29) is 17.8 Å². The van der Waals surface area contributed by atoms with Gasteiger partial charge in [-0.05, 0) is 24.6 Å². The molecule has 0 saturated carbocycles. The van der Waals surface area contributed by atoms with Crippen molar-refractivity contribution < 1.29 is 13.4 Å². The zero-order valence-corrected chi connectivity index (χ0v) is 18.8. The fourth-order valence-electron chi connectivity index (χ4n) is 4.16. The molecule has 1 aliphatic heterocycles. The molecule has 4 aromatic rings. The molecule has 2 atom stereocenters. The van der Waals surface area contributed by atoms with E-state index in [9.17, 15) is 13.4 Å². The van der Waals surface area contributed by atoms with Gasteiger partial charge < -0.3 is 10.6 Å². The van der Waals surface area contributed by atoms with E-state index >= 15 is 0 Å². The van der Waals surface area contributed by atoms with Crippen LogP contribution in [-0.4, -0.2) is 54.9 Å². The fourth-order valence-corrected chi connectivity index (χ4v) is 4.89. The van der Waals surface area contributed by atoms with Crippen molar-refractivity contribution in [3.63, 3.8) is 0 Å². The normalized spacial score (nSPS) is 16.9. The molecule has 7 nitrogen and oxygen atoms in total. The number of aromatic nitrogens is 3. The van der Waals surface area contributed by atoms with E-state index in [1.807, 2.05) is 0 Å². The SMILES string of the molecule is CS(=O)c1cn(-c2ncc(-c3ccccc3F)cn2)c2cc(C(=O)N3CC[C@@H](N)C3)ccc12. The zero-order chi connectivity index (χ0) is 23.1. The Hall–Kier alpha value is -3.43. The monoisotopic (exact) mass is 463 g/mol. The van der Waals surface area contributed by atoms with Crippen LogP contribution in [-0.2, 0) is 10.8 Å². The predicted octanol–water partition coefficient (Wildman–Crippen LogP) is 3.14. The number of fused-ring (bicyclic) bond motifs is 1. The molecule has 1 amide bonds. The first kappa shape index (κ1) is 21.4. The van der Waals surface area contributed by atoms with Crippen LogP contribution in [0.5, 0.6) is 0 Å². The number of amides is 1. The number of nitrogens with zero attached hydrogens (tertiary/aromatic N) is 4. The van der Waals surface area contributed by atoms with Crippen LogP contribution in [0.3, 0.4) is 0 Å². The van der Waals surface area contributed by atoms with Gasteiger partial charge in [0, 0.05) is 66.1 Å². The highest BCUT2D eigenvalue weighted by molar-refractivity contribution is 7.84. The number of nitrogens with two attached hydrogens (primary N) is 1. The van der Waals surface area contributed by atoms with Crippen LogP contribution in [0.25, 0.3) is 28.0 Å². The third kappa shape index (κ3) is 3.94. The van der Waals surface area contributed by atoms with Gasteiger partial charge in [0.15, 0.2) is 0 Å². The molecule has 9 heteroatoms. The van der Waals surface area contributed by atoms with Crippen LogP contribution >= 0.6 is 0 Å². The summed E-state index contributed by atoms with van der Waals surface area (Å²) in [6.45, 7) is 1.16. The third-order valence-corrected chi connectivity index (χ3v) is 6.82. The molecule has 0 bridgehead atoms. The minimum atomic E-state index is -1.26. The smallest absolute Gasteiger partial charge is 0.253 e. The number of hydrogen-bond acceptors (Lipinski definition) is 5. The molecule has 5 rings (SSSR count). The standard InChI is InChI=1S/C24H22FN5O2S/c1-33(32)22-14-30(24-27-11-16(12-28-24)18-4-2-3-5-20(18)25)21-10-15(6-7-19(21)22)23(31)29-9-8-17(26)13-29/h2-7,10-12,14,17H,8-9,13,26H2,1H3/t17-,33?/m1/s1. The van der Waals surface area contributed by atoms with Crippen LogP contribution in [0.1, 0.15) is 16.8 Å². The second-order valence-corrected chi connectivity index (χ2v) is 9.45. The molecule has 0 aliphatic carbocycles. The summed E-state index contributed by atoms with van der Waals surface area (Å²) in [5.41, 5.74) is 8.12. The van der Waals surface area contributed by atoms with Gasteiger partial charge in [-0.1, -0.05) is 24.3 Å². The summed E-state index contributed by atoms with van der Waals surface area (Å²) < 4.78 is 28.2. The minimum Gasteiger partial charge on any atom is -0.337 e. The Labute approximate surface area is 192 Å². The van der Waals surface area contributed by atoms with Crippen LogP contribution in [0.15, 0.2) is 66.0 Å². The average Bonchev–Trinajstić information content (AvgIpc) is 3.42. The Kier molecular flexibility index (Phi) is 5.51. The molecule has 1 saturated heterocycles. The summed E-state index contributed by atoms with van der Waals surface area (Å²) >= 11 is 0. The molecular formula is C24H22FN5O2S. The molecule has 168 valence electrons. The van der Waals surface area contributed by atoms with Gasteiger partial charge in [0.25, 0.3) is 5.91 Å². The van der Waals surface area contributed by atoms with E-state index in [1.54, 1.807) is 70.7 Å². The lowest BCUT2D eigenvalue weighted by Crippen LogP contribution is -2.31. The molecule has 0 radical (unpaired) electrons. The first-order valence-electron chi connectivity index (χ1n) is 10.5. The number of hydrogen-bond donors (Lipinski definition) is 1. The van der Waals surface area contributed by atoms with E-state index in [0.29, 0.717) is 46.1 Å². The van der Waals surface area contributed by atoms with Gasteiger partial charge in [0.1, 0.15) is 5.82 Å². The van der Waals surface area contributed by atoms with Gasteiger partial charge >= 0.3 is 0 Å². The van der Waals surface area contributed by atoms with Crippen molar-refractivity contribution in [2.24, 2.45) is 5.73 Å². The molecule has 2 aromatic carbocycles. The molecule has 0 spiro atoms. The summed E-state index contributed by atoms with van der Waals surface area (Å²) in [7, 11) is -1.26. The van der Waals surface area contributed by atoms with Gasteiger partial charge in [0.05, 0.1) is 21.2 Å². The van der Waals surface area contributed by atoms with E-state index < -0.39 is 10.8 Å². The van der Waals surface area contributed by atoms with Gasteiger partial charge in [-0.25, -0.2) is 14.4 Å². The maximum Gasteiger partial charge on any atom is 0.253 e. The number of carbonyl (C=O) groups excluding carboxylic acids is 1. The molecule has 33 heavy (non-hydrogen) atoms. The highest BCUT2D eigenvalue weighted by Crippen LogP contribution is 2.28. The first-order chi connectivity index (χ1) is 15.9. The van der Waals surface area contributed by atoms with Gasteiger partial charge in [-0.3, -0.25) is 13.6 Å². The third-order valence-electron chi connectivity index (χ3n) is 5.88. The first-order valence-corrected chi connectivity index (χ1v) is 12.1. The van der Waals surface area contributed by atoms with Crippen molar-refractivity contribution in [1.29, 1.82) is 0 Å². The molecule has 3 heterocycles. The number of carbonyl (C=O) groups is 1. The van der Waals surface area contributed by atoms with Gasteiger partial charge in [0.2, 0.25) is 5.95 Å². The second-order valence-electron chi connectivity index (χ2n) is 8.10.